The number of rotatable bonds is 0. The van der Waals surface area contributed by atoms with Crippen molar-refractivity contribution in [2.75, 3.05) is 0 Å². The molecule has 3 heteroatoms. The van der Waals surface area contributed by atoms with Gasteiger partial charge in [-0.25, -0.2) is 4.79 Å². The van der Waals surface area contributed by atoms with Crippen LogP contribution in [0.15, 0.2) is 40.0 Å². The second-order valence-electron chi connectivity index (χ2n) is 2.17. The molecule has 0 saturated carbocycles. The summed E-state index contributed by atoms with van der Waals surface area (Å²) >= 11 is 0. The molecular weight excluding hydrogens is 142 g/mol. The third-order valence-corrected chi connectivity index (χ3v) is 1.50. The molecule has 0 saturated heterocycles. The first-order chi connectivity index (χ1) is 5.38. The Morgan fingerprint density at radius 3 is 3.09 bits per heavy atom. The predicted octanol–water partition coefficient (Wildman–Crippen LogP) is 1.19. The number of hydrogen-bond donors (Lipinski definition) is 0. The van der Waals surface area contributed by atoms with Gasteiger partial charge in [0.25, 0.3) is 0 Å². The Morgan fingerprint density at radius 2 is 2.27 bits per heavy atom. The maximum Gasteiger partial charge on any atom is 0.345 e. The summed E-state index contributed by atoms with van der Waals surface area (Å²) in [5, 5.41) is 1.38. The van der Waals surface area contributed by atoms with Crippen molar-refractivity contribution in [3.8, 4) is 0 Å². The van der Waals surface area contributed by atoms with Gasteiger partial charge in [-0.2, -0.15) is 0 Å². The van der Waals surface area contributed by atoms with Crippen molar-refractivity contribution >= 4 is 10.8 Å². The maximum atomic E-state index is 11.0. The summed E-state index contributed by atoms with van der Waals surface area (Å²) in [7, 11) is 0. The molecule has 0 atom stereocenters. The largest absolute Gasteiger partial charge is 0.431 e. The van der Waals surface area contributed by atoms with Gasteiger partial charge in [0.15, 0.2) is 0 Å². The lowest BCUT2D eigenvalue weighted by molar-refractivity contribution is 0.519. The zero-order valence-corrected chi connectivity index (χ0v) is 5.65. The van der Waals surface area contributed by atoms with Gasteiger partial charge in [-0.15, -0.1) is 0 Å². The predicted molar refractivity (Wildman–Crippen MR) is 40.3 cm³/mol. The molecule has 0 aliphatic rings. The van der Waals surface area contributed by atoms with Gasteiger partial charge in [-0.3, -0.25) is 4.98 Å². The number of pyridine rings is 1. The third-order valence-electron chi connectivity index (χ3n) is 1.50. The van der Waals surface area contributed by atoms with E-state index in [1.807, 2.05) is 0 Å². The minimum atomic E-state index is -0.337. The van der Waals surface area contributed by atoms with E-state index in [0.29, 0.717) is 5.39 Å². The van der Waals surface area contributed by atoms with Crippen LogP contribution >= 0.6 is 0 Å². The molecule has 0 spiro atoms. The molecule has 2 heterocycles. The lowest BCUT2D eigenvalue weighted by atomic mass is 10.2. The summed E-state index contributed by atoms with van der Waals surface area (Å²) in [6.45, 7) is 0. The average Bonchev–Trinajstić information content (AvgIpc) is 2.06. The standard InChI is InChI=1S/C8H5NO2/c10-8-7-5-9-3-1-6(7)2-4-11-8/h1-5H. The smallest absolute Gasteiger partial charge is 0.345 e. The summed E-state index contributed by atoms with van der Waals surface area (Å²) in [5.74, 6) is 0. The van der Waals surface area contributed by atoms with Crippen LogP contribution in [-0.4, -0.2) is 4.98 Å². The van der Waals surface area contributed by atoms with Gasteiger partial charge in [0.05, 0.1) is 11.6 Å². The lowest BCUT2D eigenvalue weighted by Crippen LogP contribution is -1.97. The second-order valence-corrected chi connectivity index (χ2v) is 2.17. The Kier molecular flexibility index (Phi) is 1.22. The van der Waals surface area contributed by atoms with Gasteiger partial charge in [0.1, 0.15) is 0 Å². The van der Waals surface area contributed by atoms with E-state index < -0.39 is 0 Å². The first-order valence-electron chi connectivity index (χ1n) is 3.19. The topological polar surface area (TPSA) is 43.1 Å². The minimum absolute atomic E-state index is 0.337. The van der Waals surface area contributed by atoms with Crippen molar-refractivity contribution in [2.45, 2.75) is 0 Å². The van der Waals surface area contributed by atoms with Gasteiger partial charge in [0, 0.05) is 12.4 Å². The molecule has 0 radical (unpaired) electrons. The van der Waals surface area contributed by atoms with E-state index in [-0.39, 0.29) is 5.63 Å². The SMILES string of the molecule is O=c1occc2ccncc12. The van der Waals surface area contributed by atoms with Gasteiger partial charge in [-0.05, 0) is 17.5 Å². The van der Waals surface area contributed by atoms with E-state index in [1.54, 1.807) is 18.3 Å². The van der Waals surface area contributed by atoms with E-state index in [0.717, 1.165) is 5.39 Å². The van der Waals surface area contributed by atoms with E-state index in [4.69, 9.17) is 0 Å². The molecule has 0 N–H and O–H groups in total. The lowest BCUT2D eigenvalue weighted by Gasteiger charge is -1.90. The van der Waals surface area contributed by atoms with Gasteiger partial charge >= 0.3 is 5.63 Å². The molecule has 11 heavy (non-hydrogen) atoms. The molecule has 0 unspecified atom stereocenters. The van der Waals surface area contributed by atoms with Crippen LogP contribution in [0.4, 0.5) is 0 Å². The van der Waals surface area contributed by atoms with Crippen LogP contribution in [0.2, 0.25) is 0 Å². The van der Waals surface area contributed by atoms with E-state index in [9.17, 15) is 4.79 Å². The number of aromatic nitrogens is 1. The third kappa shape index (κ3) is 0.902. The summed E-state index contributed by atoms with van der Waals surface area (Å²) in [4.78, 5) is 14.8. The first kappa shape index (κ1) is 6.09. The Balaban J connectivity index is 3.03. The zero-order chi connectivity index (χ0) is 7.68. The summed E-state index contributed by atoms with van der Waals surface area (Å²) in [5.41, 5.74) is -0.337. The van der Waals surface area contributed by atoms with Crippen molar-refractivity contribution in [3.63, 3.8) is 0 Å². The van der Waals surface area contributed by atoms with Crippen LogP contribution in [0.5, 0.6) is 0 Å². The van der Waals surface area contributed by atoms with Crippen LogP contribution in [0.25, 0.3) is 10.8 Å². The molecule has 2 aromatic heterocycles. The Hall–Kier alpha value is -1.64. The van der Waals surface area contributed by atoms with Crippen LogP contribution in [0, 0.1) is 0 Å². The molecule has 2 aromatic rings. The highest BCUT2D eigenvalue weighted by Gasteiger charge is 1.95. The number of nitrogens with zero attached hydrogens (tertiary/aromatic N) is 1. The van der Waals surface area contributed by atoms with Crippen molar-refractivity contribution in [2.24, 2.45) is 0 Å². The Labute approximate surface area is 62.3 Å². The highest BCUT2D eigenvalue weighted by Crippen LogP contribution is 2.04. The first-order valence-corrected chi connectivity index (χ1v) is 3.19. The van der Waals surface area contributed by atoms with Crippen LogP contribution in [0.1, 0.15) is 0 Å². The number of hydrogen-bond acceptors (Lipinski definition) is 3. The van der Waals surface area contributed by atoms with Crippen molar-refractivity contribution in [3.05, 3.63) is 41.2 Å². The fraction of sp³-hybridized carbons (Fsp3) is 0. The Morgan fingerprint density at radius 1 is 1.36 bits per heavy atom. The zero-order valence-electron chi connectivity index (χ0n) is 5.65. The average molecular weight is 147 g/mol. The highest BCUT2D eigenvalue weighted by atomic mass is 16.4. The summed E-state index contributed by atoms with van der Waals surface area (Å²) in [6.07, 6.45) is 4.52. The van der Waals surface area contributed by atoms with Gasteiger partial charge in [-0.1, -0.05) is 0 Å². The second kappa shape index (κ2) is 2.20. The van der Waals surface area contributed by atoms with E-state index in [1.165, 1.54) is 12.5 Å². The molecule has 0 fully saturated rings. The van der Waals surface area contributed by atoms with Crippen molar-refractivity contribution < 1.29 is 4.42 Å². The minimum Gasteiger partial charge on any atom is -0.431 e. The Bertz CT molecular complexity index is 428. The quantitative estimate of drug-likeness (QED) is 0.562. The van der Waals surface area contributed by atoms with E-state index in [2.05, 4.69) is 9.40 Å². The molecular formula is C8H5NO2. The monoisotopic (exact) mass is 147 g/mol. The molecule has 0 aliphatic heterocycles. The molecule has 0 aliphatic carbocycles. The molecule has 3 nitrogen and oxygen atoms in total. The van der Waals surface area contributed by atoms with Crippen LogP contribution < -0.4 is 5.63 Å². The summed E-state index contributed by atoms with van der Waals surface area (Å²) < 4.78 is 4.64. The molecule has 0 amide bonds. The highest BCUT2D eigenvalue weighted by molar-refractivity contribution is 5.79. The molecule has 0 aromatic carbocycles. The van der Waals surface area contributed by atoms with E-state index >= 15 is 0 Å². The van der Waals surface area contributed by atoms with Crippen molar-refractivity contribution in [1.82, 2.24) is 4.98 Å². The van der Waals surface area contributed by atoms with Crippen LogP contribution in [-0.2, 0) is 0 Å². The van der Waals surface area contributed by atoms with Gasteiger partial charge in [0.2, 0.25) is 0 Å². The fourth-order valence-corrected chi connectivity index (χ4v) is 0.954. The maximum absolute atomic E-state index is 11.0. The van der Waals surface area contributed by atoms with Crippen LogP contribution in [0.3, 0.4) is 0 Å². The molecule has 0 bridgehead atoms. The van der Waals surface area contributed by atoms with Crippen molar-refractivity contribution in [1.29, 1.82) is 0 Å². The molecule has 2 rings (SSSR count). The number of fused-ring (bicyclic) bond motifs is 1. The van der Waals surface area contributed by atoms with Gasteiger partial charge < -0.3 is 4.42 Å². The molecule has 54 valence electrons. The summed E-state index contributed by atoms with van der Waals surface area (Å²) in [6, 6.07) is 3.50. The normalized spacial score (nSPS) is 10.2. The fourth-order valence-electron chi connectivity index (χ4n) is 0.954.